The zero-order chi connectivity index (χ0) is 27.8. The molecule has 12 heteroatoms. The molecular weight excluding hydrogens is 519 g/mol. The van der Waals surface area contributed by atoms with Crippen molar-refractivity contribution in [3.63, 3.8) is 0 Å². The molecule has 0 saturated carbocycles. The number of rotatable bonds is 8. The van der Waals surface area contributed by atoms with Crippen LogP contribution in [0.15, 0.2) is 79.5 Å². The molecule has 0 radical (unpaired) electrons. The summed E-state index contributed by atoms with van der Waals surface area (Å²) in [5.74, 6) is -1.69. The minimum Gasteiger partial charge on any atom is -0.381 e. The quantitative estimate of drug-likeness (QED) is 0.247. The average molecular weight is 543 g/mol. The van der Waals surface area contributed by atoms with Crippen LogP contribution in [0.1, 0.15) is 29.7 Å². The fraction of sp³-hybridized carbons (Fsp3) is 0.222. The van der Waals surface area contributed by atoms with Gasteiger partial charge in [0.2, 0.25) is 0 Å². The van der Waals surface area contributed by atoms with Crippen molar-refractivity contribution in [1.82, 2.24) is 24.5 Å². The second kappa shape index (κ2) is 10.1. The first-order valence-corrected chi connectivity index (χ1v) is 11.9. The molecular formula is C27H23F5N6O. The number of hydrogen-bond acceptors (Lipinski definition) is 5. The molecule has 0 saturated heterocycles. The van der Waals surface area contributed by atoms with Crippen LogP contribution in [0.4, 0.5) is 27.6 Å². The predicted octanol–water partition coefficient (Wildman–Crippen LogP) is 5.69. The zero-order valence-corrected chi connectivity index (χ0v) is 20.6. The predicted molar refractivity (Wildman–Crippen MR) is 133 cm³/mol. The first-order valence-electron chi connectivity index (χ1n) is 11.9. The molecule has 3 aromatic carbocycles. The Balaban J connectivity index is 1.42. The van der Waals surface area contributed by atoms with E-state index >= 15 is 0 Å². The van der Waals surface area contributed by atoms with Gasteiger partial charge in [0.15, 0.2) is 0 Å². The van der Waals surface area contributed by atoms with E-state index in [2.05, 4.69) is 20.5 Å². The number of nitrogens with zero attached hydrogens (tertiary/aromatic N) is 5. The molecule has 202 valence electrons. The number of aliphatic hydroxyl groups is 1. The maximum atomic E-state index is 14.9. The first-order chi connectivity index (χ1) is 18.5. The number of halogens is 5. The largest absolute Gasteiger partial charge is 0.416 e. The Labute approximate surface area is 219 Å². The van der Waals surface area contributed by atoms with Gasteiger partial charge in [-0.25, -0.2) is 18.4 Å². The van der Waals surface area contributed by atoms with E-state index in [-0.39, 0.29) is 18.7 Å². The molecule has 2 atom stereocenters. The monoisotopic (exact) mass is 542 g/mol. The number of alkyl halides is 3. The van der Waals surface area contributed by atoms with Crippen LogP contribution in [0, 0.1) is 11.6 Å². The minimum absolute atomic E-state index is 0.130. The Hall–Kier alpha value is -4.32. The van der Waals surface area contributed by atoms with Gasteiger partial charge in [-0.1, -0.05) is 18.2 Å². The van der Waals surface area contributed by atoms with Gasteiger partial charge in [-0.15, -0.1) is 0 Å². The lowest BCUT2D eigenvalue weighted by atomic mass is 9.86. The molecule has 0 bridgehead atoms. The summed E-state index contributed by atoms with van der Waals surface area (Å²) in [4.78, 5) is 3.87. The average Bonchev–Trinajstić information content (AvgIpc) is 3.56. The van der Waals surface area contributed by atoms with Gasteiger partial charge < -0.3 is 10.4 Å². The Kier molecular flexibility index (Phi) is 6.81. The normalized spacial score (nSPS) is 14.3. The van der Waals surface area contributed by atoms with Crippen molar-refractivity contribution in [2.24, 2.45) is 0 Å². The van der Waals surface area contributed by atoms with Crippen LogP contribution in [-0.4, -0.2) is 29.7 Å². The molecule has 0 spiro atoms. The van der Waals surface area contributed by atoms with Crippen molar-refractivity contribution in [2.75, 3.05) is 5.32 Å². The van der Waals surface area contributed by atoms with E-state index in [0.717, 1.165) is 18.2 Å². The van der Waals surface area contributed by atoms with Gasteiger partial charge in [-0.05, 0) is 48.9 Å². The summed E-state index contributed by atoms with van der Waals surface area (Å²) < 4.78 is 70.4. The molecule has 5 rings (SSSR count). The molecule has 39 heavy (non-hydrogen) atoms. The molecule has 2 heterocycles. The van der Waals surface area contributed by atoms with Crippen molar-refractivity contribution in [3.8, 4) is 0 Å². The molecule has 5 aromatic rings. The van der Waals surface area contributed by atoms with E-state index in [1.165, 1.54) is 34.2 Å². The highest BCUT2D eigenvalue weighted by molar-refractivity contribution is 5.82. The lowest BCUT2D eigenvalue weighted by molar-refractivity contribution is -0.137. The fourth-order valence-corrected chi connectivity index (χ4v) is 4.48. The second-order valence-corrected chi connectivity index (χ2v) is 9.25. The van der Waals surface area contributed by atoms with Gasteiger partial charge in [0.05, 0.1) is 23.7 Å². The van der Waals surface area contributed by atoms with Crippen LogP contribution in [0.25, 0.3) is 10.9 Å². The van der Waals surface area contributed by atoms with Gasteiger partial charge in [-0.2, -0.15) is 23.4 Å². The van der Waals surface area contributed by atoms with Crippen LogP contribution < -0.4 is 5.32 Å². The number of nitrogens with one attached hydrogen (secondary N) is 1. The summed E-state index contributed by atoms with van der Waals surface area (Å²) in [7, 11) is 0. The molecule has 0 unspecified atom stereocenters. The van der Waals surface area contributed by atoms with Crippen molar-refractivity contribution < 1.29 is 27.1 Å². The van der Waals surface area contributed by atoms with Gasteiger partial charge >= 0.3 is 6.18 Å². The summed E-state index contributed by atoms with van der Waals surface area (Å²) in [5, 5.41) is 24.2. The molecule has 0 aliphatic rings. The number of benzene rings is 3. The van der Waals surface area contributed by atoms with Crippen molar-refractivity contribution in [3.05, 3.63) is 108 Å². The Morgan fingerprint density at radius 2 is 1.85 bits per heavy atom. The highest BCUT2D eigenvalue weighted by Crippen LogP contribution is 2.37. The van der Waals surface area contributed by atoms with E-state index in [0.29, 0.717) is 28.2 Å². The summed E-state index contributed by atoms with van der Waals surface area (Å²) in [6.07, 6.45) is -0.0979. The SMILES string of the molecule is C[C@@H](n1cc2cc(NCc3cccc(C(F)(F)F)c3)ccc2n1)[C@](O)(Cn1cncn1)c1ccc(F)cc1F. The molecule has 7 nitrogen and oxygen atoms in total. The van der Waals surface area contributed by atoms with Gasteiger partial charge in [0, 0.05) is 35.4 Å². The topological polar surface area (TPSA) is 80.8 Å². The third-order valence-corrected chi connectivity index (χ3v) is 6.63. The molecule has 2 N–H and O–H groups in total. The van der Waals surface area contributed by atoms with Crippen LogP contribution in [0.5, 0.6) is 0 Å². The molecule has 0 aliphatic heterocycles. The van der Waals surface area contributed by atoms with E-state index in [4.69, 9.17) is 0 Å². The molecule has 2 aromatic heterocycles. The third-order valence-electron chi connectivity index (χ3n) is 6.63. The van der Waals surface area contributed by atoms with Crippen LogP contribution in [-0.2, 0) is 24.9 Å². The maximum absolute atomic E-state index is 14.9. The van der Waals surface area contributed by atoms with Gasteiger partial charge in [0.25, 0.3) is 0 Å². The zero-order valence-electron chi connectivity index (χ0n) is 20.6. The van der Waals surface area contributed by atoms with Crippen LogP contribution in [0.2, 0.25) is 0 Å². The summed E-state index contributed by atoms with van der Waals surface area (Å²) in [6, 6.07) is 12.4. The van der Waals surface area contributed by atoms with E-state index in [1.807, 2.05) is 0 Å². The molecule has 0 amide bonds. The maximum Gasteiger partial charge on any atom is 0.416 e. The number of hydrogen-bond donors (Lipinski definition) is 2. The summed E-state index contributed by atoms with van der Waals surface area (Å²) in [6.45, 7) is 1.64. The van der Waals surface area contributed by atoms with Gasteiger partial charge in [0.1, 0.15) is 29.9 Å². The Bertz CT molecular complexity index is 1600. The van der Waals surface area contributed by atoms with E-state index in [9.17, 15) is 27.1 Å². The number of fused-ring (bicyclic) bond motifs is 1. The molecule has 0 aliphatic carbocycles. The fourth-order valence-electron chi connectivity index (χ4n) is 4.48. The van der Waals surface area contributed by atoms with Crippen molar-refractivity contribution in [2.45, 2.75) is 37.8 Å². The van der Waals surface area contributed by atoms with Crippen LogP contribution >= 0.6 is 0 Å². The lowest BCUT2D eigenvalue weighted by Crippen LogP contribution is -2.40. The highest BCUT2D eigenvalue weighted by atomic mass is 19.4. The lowest BCUT2D eigenvalue weighted by Gasteiger charge is -2.34. The van der Waals surface area contributed by atoms with Crippen molar-refractivity contribution >= 4 is 16.6 Å². The van der Waals surface area contributed by atoms with E-state index < -0.39 is 35.0 Å². The highest BCUT2D eigenvalue weighted by Gasteiger charge is 2.41. The first kappa shape index (κ1) is 26.3. The number of aromatic nitrogens is 5. The van der Waals surface area contributed by atoms with Crippen molar-refractivity contribution in [1.29, 1.82) is 0 Å². The Morgan fingerprint density at radius 1 is 1.03 bits per heavy atom. The second-order valence-electron chi connectivity index (χ2n) is 9.25. The summed E-state index contributed by atoms with van der Waals surface area (Å²) >= 11 is 0. The standard InChI is InChI=1S/C27H23F5N6O/c1-17(26(39,14-37-16-33-15-35-37)23-7-5-21(28)11-24(23)29)38-13-19-10-22(6-8-25(19)36-38)34-12-18-3-2-4-20(9-18)27(30,31)32/h2-11,13,15-17,34,39H,12,14H2,1H3/t17-,26-/m1/s1. The molecule has 0 fully saturated rings. The van der Waals surface area contributed by atoms with E-state index in [1.54, 1.807) is 37.4 Å². The Morgan fingerprint density at radius 3 is 2.56 bits per heavy atom. The van der Waals surface area contributed by atoms with Gasteiger partial charge in [-0.3, -0.25) is 4.68 Å². The minimum atomic E-state index is -4.42. The smallest absolute Gasteiger partial charge is 0.381 e. The third kappa shape index (κ3) is 5.46. The summed E-state index contributed by atoms with van der Waals surface area (Å²) in [5.41, 5.74) is -1.05. The van der Waals surface area contributed by atoms with Crippen LogP contribution in [0.3, 0.4) is 0 Å². The number of anilines is 1.